The second-order valence-corrected chi connectivity index (χ2v) is 5.60. The van der Waals surface area contributed by atoms with Gasteiger partial charge in [0.25, 0.3) is 0 Å². The van der Waals surface area contributed by atoms with Crippen LogP contribution in [0.5, 0.6) is 0 Å². The molecule has 0 spiro atoms. The summed E-state index contributed by atoms with van der Waals surface area (Å²) in [5, 5.41) is 20.0. The highest BCUT2D eigenvalue weighted by Gasteiger charge is 2.33. The fraction of sp³-hybridized carbons (Fsp3) is 0.583. The molecule has 3 atom stereocenters. The Labute approximate surface area is 115 Å². The molecule has 1 aromatic rings. The summed E-state index contributed by atoms with van der Waals surface area (Å²) in [6.45, 7) is 3.67. The average molecular weight is 293 g/mol. The molecule has 0 radical (unpaired) electrons. The van der Waals surface area contributed by atoms with E-state index < -0.39 is 24.1 Å². The molecule has 18 heavy (non-hydrogen) atoms. The number of carbonyl (C=O) groups is 1. The molecule has 1 rings (SSSR count). The van der Waals surface area contributed by atoms with Gasteiger partial charge in [-0.05, 0) is 25.5 Å². The molecular formula is C12H17ClO4S. The molecule has 0 saturated heterocycles. The number of esters is 1. The van der Waals surface area contributed by atoms with E-state index in [1.165, 1.54) is 11.3 Å². The fourth-order valence-corrected chi connectivity index (χ4v) is 2.84. The Hall–Kier alpha value is -0.620. The van der Waals surface area contributed by atoms with Gasteiger partial charge in [0.15, 0.2) is 6.10 Å². The highest BCUT2D eigenvalue weighted by atomic mass is 35.5. The highest BCUT2D eigenvalue weighted by molar-refractivity contribution is 7.16. The van der Waals surface area contributed by atoms with Crippen molar-refractivity contribution < 1.29 is 19.7 Å². The largest absolute Gasteiger partial charge is 0.464 e. The lowest BCUT2D eigenvalue weighted by atomic mass is 9.92. The number of aliphatic hydroxyl groups is 2. The lowest BCUT2D eigenvalue weighted by Gasteiger charge is -2.24. The third-order valence-electron chi connectivity index (χ3n) is 2.70. The molecular weight excluding hydrogens is 276 g/mol. The molecule has 0 bridgehead atoms. The van der Waals surface area contributed by atoms with E-state index in [-0.39, 0.29) is 6.61 Å². The zero-order valence-corrected chi connectivity index (χ0v) is 11.9. The van der Waals surface area contributed by atoms with Crippen LogP contribution in [0.15, 0.2) is 12.1 Å². The van der Waals surface area contributed by atoms with Crippen LogP contribution in [0.1, 0.15) is 31.2 Å². The summed E-state index contributed by atoms with van der Waals surface area (Å²) in [7, 11) is 0. The van der Waals surface area contributed by atoms with Gasteiger partial charge < -0.3 is 14.9 Å². The fourth-order valence-electron chi connectivity index (χ4n) is 1.72. The number of hydrogen-bond donors (Lipinski definition) is 2. The van der Waals surface area contributed by atoms with E-state index >= 15 is 0 Å². The van der Waals surface area contributed by atoms with Crippen molar-refractivity contribution >= 4 is 28.9 Å². The van der Waals surface area contributed by atoms with E-state index in [2.05, 4.69) is 0 Å². The molecule has 3 unspecified atom stereocenters. The summed E-state index contributed by atoms with van der Waals surface area (Å²) >= 11 is 7.03. The van der Waals surface area contributed by atoms with Gasteiger partial charge in [-0.3, -0.25) is 0 Å². The summed E-state index contributed by atoms with van der Waals surface area (Å²) in [6.07, 6.45) is -1.80. The zero-order chi connectivity index (χ0) is 13.7. The molecule has 102 valence electrons. The average Bonchev–Trinajstić information content (AvgIpc) is 2.76. The maximum Gasteiger partial charge on any atom is 0.335 e. The minimum atomic E-state index is -1.33. The first-order valence-corrected chi connectivity index (χ1v) is 6.98. The van der Waals surface area contributed by atoms with Gasteiger partial charge >= 0.3 is 5.97 Å². The Morgan fingerprint density at radius 2 is 2.11 bits per heavy atom. The van der Waals surface area contributed by atoms with Crippen LogP contribution in [-0.2, 0) is 9.53 Å². The second kappa shape index (κ2) is 7.09. The van der Waals surface area contributed by atoms with Crippen LogP contribution in [0.25, 0.3) is 0 Å². The molecule has 4 nitrogen and oxygen atoms in total. The minimum absolute atomic E-state index is 0.202. The number of hydrogen-bond acceptors (Lipinski definition) is 5. The van der Waals surface area contributed by atoms with Crippen molar-refractivity contribution in [2.24, 2.45) is 5.92 Å². The monoisotopic (exact) mass is 292 g/mol. The first-order chi connectivity index (χ1) is 8.51. The third kappa shape index (κ3) is 3.68. The number of rotatable bonds is 6. The van der Waals surface area contributed by atoms with Crippen LogP contribution in [0, 0.1) is 5.92 Å². The van der Waals surface area contributed by atoms with Crippen molar-refractivity contribution in [2.45, 2.75) is 32.5 Å². The third-order valence-corrected chi connectivity index (χ3v) is 4.00. The summed E-state index contributed by atoms with van der Waals surface area (Å²) in [5.41, 5.74) is 0. The molecule has 0 saturated carbocycles. The van der Waals surface area contributed by atoms with Crippen LogP contribution < -0.4 is 0 Å². The Morgan fingerprint density at radius 3 is 2.56 bits per heavy atom. The van der Waals surface area contributed by atoms with Crippen molar-refractivity contribution in [3.63, 3.8) is 0 Å². The number of carbonyl (C=O) groups excluding carboxylic acids is 1. The van der Waals surface area contributed by atoms with Gasteiger partial charge in [0.1, 0.15) is 0 Å². The SMILES string of the molecule is CCOC(=O)C(O)C(CC)C(O)c1ccc(Cl)s1. The van der Waals surface area contributed by atoms with Gasteiger partial charge in [0, 0.05) is 10.8 Å². The normalized spacial score (nSPS) is 16.1. The number of aliphatic hydroxyl groups excluding tert-OH is 2. The first kappa shape index (κ1) is 15.4. The summed E-state index contributed by atoms with van der Waals surface area (Å²) < 4.78 is 5.31. The van der Waals surface area contributed by atoms with Crippen molar-refractivity contribution in [3.05, 3.63) is 21.3 Å². The molecule has 0 aliphatic rings. The maximum absolute atomic E-state index is 11.5. The molecule has 1 aromatic heterocycles. The van der Waals surface area contributed by atoms with E-state index in [9.17, 15) is 15.0 Å². The lowest BCUT2D eigenvalue weighted by molar-refractivity contribution is -0.159. The van der Waals surface area contributed by atoms with Crippen molar-refractivity contribution in [3.8, 4) is 0 Å². The molecule has 0 fully saturated rings. The number of ether oxygens (including phenoxy) is 1. The highest BCUT2D eigenvalue weighted by Crippen LogP contribution is 2.34. The minimum Gasteiger partial charge on any atom is -0.464 e. The quantitative estimate of drug-likeness (QED) is 0.790. The Balaban J connectivity index is 2.79. The van der Waals surface area contributed by atoms with Gasteiger partial charge in [-0.15, -0.1) is 11.3 Å². The first-order valence-electron chi connectivity index (χ1n) is 5.79. The van der Waals surface area contributed by atoms with Crippen molar-refractivity contribution in [1.82, 2.24) is 0 Å². The smallest absolute Gasteiger partial charge is 0.335 e. The number of thiophene rings is 1. The van der Waals surface area contributed by atoms with E-state index in [0.29, 0.717) is 15.6 Å². The van der Waals surface area contributed by atoms with Gasteiger partial charge in [-0.1, -0.05) is 18.5 Å². The van der Waals surface area contributed by atoms with E-state index in [1.54, 1.807) is 26.0 Å². The lowest BCUT2D eigenvalue weighted by Crippen LogP contribution is -2.34. The Morgan fingerprint density at radius 1 is 1.44 bits per heavy atom. The zero-order valence-electron chi connectivity index (χ0n) is 10.3. The summed E-state index contributed by atoms with van der Waals surface area (Å²) in [5.74, 6) is -1.30. The molecule has 0 amide bonds. The molecule has 0 aromatic carbocycles. The van der Waals surface area contributed by atoms with E-state index in [1.807, 2.05) is 0 Å². The van der Waals surface area contributed by atoms with Gasteiger partial charge in [-0.2, -0.15) is 0 Å². The maximum atomic E-state index is 11.5. The molecule has 2 N–H and O–H groups in total. The van der Waals surface area contributed by atoms with Crippen molar-refractivity contribution in [1.29, 1.82) is 0 Å². The molecule has 1 heterocycles. The molecule has 0 aliphatic heterocycles. The van der Waals surface area contributed by atoms with Gasteiger partial charge in [0.05, 0.1) is 17.0 Å². The second-order valence-electron chi connectivity index (χ2n) is 3.86. The summed E-state index contributed by atoms with van der Waals surface area (Å²) in [4.78, 5) is 12.1. The standard InChI is InChI=1S/C12H17ClO4S/c1-3-7(11(15)12(16)17-4-2)10(14)8-5-6-9(13)18-8/h5-7,10-11,14-15H,3-4H2,1-2H3. The van der Waals surface area contributed by atoms with Crippen LogP contribution >= 0.6 is 22.9 Å². The molecule has 0 aliphatic carbocycles. The van der Waals surface area contributed by atoms with Crippen LogP contribution in [0.2, 0.25) is 4.34 Å². The molecule has 6 heteroatoms. The topological polar surface area (TPSA) is 66.8 Å². The van der Waals surface area contributed by atoms with Crippen molar-refractivity contribution in [2.75, 3.05) is 6.61 Å². The number of halogens is 1. The van der Waals surface area contributed by atoms with Crippen LogP contribution in [0.4, 0.5) is 0 Å². The predicted octanol–water partition coefficient (Wildman–Crippen LogP) is 2.39. The Bertz CT molecular complexity index is 393. The van der Waals surface area contributed by atoms with Crippen LogP contribution in [0.3, 0.4) is 0 Å². The van der Waals surface area contributed by atoms with Gasteiger partial charge in [0.2, 0.25) is 0 Å². The Kier molecular flexibility index (Phi) is 6.08. The summed E-state index contributed by atoms with van der Waals surface area (Å²) in [6, 6.07) is 3.37. The van der Waals surface area contributed by atoms with Gasteiger partial charge in [-0.25, -0.2) is 4.79 Å². The van der Waals surface area contributed by atoms with Crippen LogP contribution in [-0.4, -0.2) is 28.9 Å². The predicted molar refractivity (Wildman–Crippen MR) is 70.7 cm³/mol. The van der Waals surface area contributed by atoms with E-state index in [4.69, 9.17) is 16.3 Å². The van der Waals surface area contributed by atoms with E-state index in [0.717, 1.165) is 0 Å².